The quantitative estimate of drug-likeness (QED) is 0.577. The van der Waals surface area contributed by atoms with Gasteiger partial charge < -0.3 is 5.32 Å². The van der Waals surface area contributed by atoms with Gasteiger partial charge in [-0.25, -0.2) is 4.98 Å². The molecule has 0 spiro atoms. The maximum Gasteiger partial charge on any atom is 0.274 e. The van der Waals surface area contributed by atoms with Gasteiger partial charge in [0.2, 0.25) is 0 Å². The maximum absolute atomic E-state index is 12.7. The monoisotopic (exact) mass is 336 g/mol. The molecule has 0 aliphatic carbocycles. The number of aromatic nitrogens is 2. The summed E-state index contributed by atoms with van der Waals surface area (Å²) in [5, 5.41) is 13.6. The number of anilines is 1. The summed E-state index contributed by atoms with van der Waals surface area (Å²) in [6, 6.07) is 11.1. The van der Waals surface area contributed by atoms with Crippen molar-refractivity contribution in [2.75, 3.05) is 5.32 Å². The van der Waals surface area contributed by atoms with Crippen LogP contribution in [0.5, 0.6) is 0 Å². The summed E-state index contributed by atoms with van der Waals surface area (Å²) in [6.07, 6.45) is 2.56. The number of thioether (sulfide) groups is 1. The Morgan fingerprint density at radius 2 is 2.08 bits per heavy atom. The van der Waals surface area contributed by atoms with E-state index in [1.807, 2.05) is 54.1 Å². The Morgan fingerprint density at radius 3 is 2.75 bits per heavy atom. The number of nitrogens with zero attached hydrogens (tertiary/aromatic N) is 3. The van der Waals surface area contributed by atoms with E-state index in [1.165, 1.54) is 0 Å². The molecule has 120 valence electrons. The molecule has 0 atom stereocenters. The summed E-state index contributed by atoms with van der Waals surface area (Å²) in [7, 11) is 0. The fourth-order valence-corrected chi connectivity index (χ4v) is 2.91. The number of benzene rings is 1. The molecule has 24 heavy (non-hydrogen) atoms. The Kier molecular flexibility index (Phi) is 4.54. The van der Waals surface area contributed by atoms with Crippen LogP contribution < -0.4 is 5.32 Å². The molecule has 0 radical (unpaired) electrons. The van der Waals surface area contributed by atoms with Gasteiger partial charge in [0, 0.05) is 16.8 Å². The number of carbonyl (C=O) groups is 1. The topological polar surface area (TPSA) is 70.2 Å². The standard InChI is InChI=1S/C18H16N4OS/c1-3-15-17(22-9-8-12(2)10-16(22)21-15)18(23)20-13-4-6-14(7-5-13)24-11-19/h4-10H,3H2,1-2H3,(H,20,23). The largest absolute Gasteiger partial charge is 0.321 e. The molecule has 0 fully saturated rings. The summed E-state index contributed by atoms with van der Waals surface area (Å²) < 4.78 is 1.82. The molecule has 3 aromatic rings. The van der Waals surface area contributed by atoms with E-state index in [4.69, 9.17) is 5.26 Å². The highest BCUT2D eigenvalue weighted by Crippen LogP contribution is 2.21. The van der Waals surface area contributed by atoms with Crippen LogP contribution in [0.15, 0.2) is 47.5 Å². The molecule has 0 aliphatic heterocycles. The van der Waals surface area contributed by atoms with Gasteiger partial charge in [0.25, 0.3) is 5.91 Å². The van der Waals surface area contributed by atoms with Crippen molar-refractivity contribution >= 4 is 29.0 Å². The average molecular weight is 336 g/mol. The van der Waals surface area contributed by atoms with E-state index in [0.717, 1.165) is 33.6 Å². The minimum atomic E-state index is -0.191. The van der Waals surface area contributed by atoms with Crippen LogP contribution in [0.2, 0.25) is 0 Å². The van der Waals surface area contributed by atoms with Gasteiger partial charge in [-0.1, -0.05) is 6.92 Å². The third-order valence-corrected chi connectivity index (χ3v) is 4.28. The number of rotatable bonds is 4. The van der Waals surface area contributed by atoms with Crippen molar-refractivity contribution in [2.45, 2.75) is 25.2 Å². The van der Waals surface area contributed by atoms with E-state index in [1.54, 1.807) is 12.1 Å². The number of amides is 1. The number of thiocyanates is 1. The number of hydrogen-bond donors (Lipinski definition) is 1. The molecule has 0 unspecified atom stereocenters. The number of carbonyl (C=O) groups excluding carboxylic acids is 1. The smallest absolute Gasteiger partial charge is 0.274 e. The van der Waals surface area contributed by atoms with Gasteiger partial charge in [-0.15, -0.1) is 0 Å². The average Bonchev–Trinajstić information content (AvgIpc) is 2.94. The Labute approximate surface area is 144 Å². The fraction of sp³-hybridized carbons (Fsp3) is 0.167. The van der Waals surface area contributed by atoms with Gasteiger partial charge in [0.15, 0.2) is 0 Å². The zero-order chi connectivity index (χ0) is 17.1. The molecule has 1 amide bonds. The number of imidazole rings is 1. The predicted octanol–water partition coefficient (Wildman–Crippen LogP) is 4.03. The Morgan fingerprint density at radius 1 is 1.33 bits per heavy atom. The Hall–Kier alpha value is -2.78. The van der Waals surface area contributed by atoms with E-state index in [9.17, 15) is 4.79 Å². The predicted molar refractivity (Wildman–Crippen MR) is 95.2 cm³/mol. The van der Waals surface area contributed by atoms with Gasteiger partial charge in [-0.2, -0.15) is 5.26 Å². The molecular formula is C18H16N4OS. The molecule has 0 saturated heterocycles. The normalized spacial score (nSPS) is 10.5. The second kappa shape index (κ2) is 6.77. The van der Waals surface area contributed by atoms with Crippen molar-refractivity contribution in [3.8, 4) is 5.40 Å². The Balaban J connectivity index is 1.92. The molecule has 5 nitrogen and oxygen atoms in total. The minimum absolute atomic E-state index is 0.191. The third kappa shape index (κ3) is 3.12. The zero-order valence-corrected chi connectivity index (χ0v) is 14.2. The Bertz CT molecular complexity index is 938. The van der Waals surface area contributed by atoms with Crippen LogP contribution in [0.25, 0.3) is 5.65 Å². The van der Waals surface area contributed by atoms with Crippen LogP contribution >= 0.6 is 11.8 Å². The van der Waals surface area contributed by atoms with Crippen LogP contribution in [0.4, 0.5) is 5.69 Å². The van der Waals surface area contributed by atoms with Crippen LogP contribution in [0, 0.1) is 17.6 Å². The highest BCUT2D eigenvalue weighted by atomic mass is 32.2. The molecular weight excluding hydrogens is 320 g/mol. The zero-order valence-electron chi connectivity index (χ0n) is 13.4. The van der Waals surface area contributed by atoms with Gasteiger partial charge >= 0.3 is 0 Å². The van der Waals surface area contributed by atoms with E-state index in [0.29, 0.717) is 17.8 Å². The minimum Gasteiger partial charge on any atom is -0.321 e. The summed E-state index contributed by atoms with van der Waals surface area (Å²) in [4.78, 5) is 18.1. The molecule has 0 aliphatic rings. The first-order valence-corrected chi connectivity index (χ1v) is 8.39. The number of pyridine rings is 1. The fourth-order valence-electron chi connectivity index (χ4n) is 2.53. The molecule has 0 saturated carbocycles. The van der Waals surface area contributed by atoms with Crippen LogP contribution in [-0.4, -0.2) is 15.3 Å². The molecule has 2 heterocycles. The number of nitriles is 1. The van der Waals surface area contributed by atoms with Crippen molar-refractivity contribution in [1.29, 1.82) is 5.26 Å². The van der Waals surface area contributed by atoms with E-state index in [2.05, 4.69) is 10.3 Å². The van der Waals surface area contributed by atoms with Gasteiger partial charge in [-0.3, -0.25) is 9.20 Å². The summed E-state index contributed by atoms with van der Waals surface area (Å²) in [5.41, 5.74) is 3.90. The van der Waals surface area contributed by atoms with Crippen molar-refractivity contribution in [3.63, 3.8) is 0 Å². The van der Waals surface area contributed by atoms with Crippen molar-refractivity contribution < 1.29 is 4.79 Å². The second-order valence-electron chi connectivity index (χ2n) is 5.36. The SMILES string of the molecule is CCc1nc2cc(C)ccn2c1C(=O)Nc1ccc(SC#N)cc1. The summed E-state index contributed by atoms with van der Waals surface area (Å²) in [5.74, 6) is -0.191. The van der Waals surface area contributed by atoms with E-state index >= 15 is 0 Å². The molecule has 1 aromatic carbocycles. The third-order valence-electron chi connectivity index (χ3n) is 3.68. The van der Waals surface area contributed by atoms with Crippen LogP contribution in [0.1, 0.15) is 28.7 Å². The summed E-state index contributed by atoms with van der Waals surface area (Å²) in [6.45, 7) is 3.99. The summed E-state index contributed by atoms with van der Waals surface area (Å²) >= 11 is 1.09. The van der Waals surface area contributed by atoms with Crippen LogP contribution in [0.3, 0.4) is 0 Å². The molecule has 1 N–H and O–H groups in total. The highest BCUT2D eigenvalue weighted by Gasteiger charge is 2.18. The van der Waals surface area contributed by atoms with Crippen molar-refractivity contribution in [1.82, 2.24) is 9.38 Å². The first kappa shape index (κ1) is 16.1. The molecule has 0 bridgehead atoms. The number of hydrogen-bond acceptors (Lipinski definition) is 4. The second-order valence-corrected chi connectivity index (χ2v) is 6.22. The van der Waals surface area contributed by atoms with Crippen molar-refractivity contribution in [2.24, 2.45) is 0 Å². The lowest BCUT2D eigenvalue weighted by atomic mass is 10.2. The van der Waals surface area contributed by atoms with Gasteiger partial charge in [-0.05, 0) is 67.1 Å². The highest BCUT2D eigenvalue weighted by molar-refractivity contribution is 8.03. The molecule has 6 heteroatoms. The van der Waals surface area contributed by atoms with Crippen molar-refractivity contribution in [3.05, 3.63) is 59.5 Å². The number of fused-ring (bicyclic) bond motifs is 1. The maximum atomic E-state index is 12.7. The molecule has 3 rings (SSSR count). The number of aryl methyl sites for hydroxylation is 2. The van der Waals surface area contributed by atoms with Crippen LogP contribution in [-0.2, 0) is 6.42 Å². The first-order chi connectivity index (χ1) is 11.6. The molecule has 2 aromatic heterocycles. The van der Waals surface area contributed by atoms with Gasteiger partial charge in [0.05, 0.1) is 5.69 Å². The lowest BCUT2D eigenvalue weighted by Gasteiger charge is -2.07. The van der Waals surface area contributed by atoms with E-state index in [-0.39, 0.29) is 5.91 Å². The first-order valence-electron chi connectivity index (χ1n) is 7.57. The number of nitrogens with one attached hydrogen (secondary N) is 1. The van der Waals surface area contributed by atoms with E-state index < -0.39 is 0 Å². The lowest BCUT2D eigenvalue weighted by Crippen LogP contribution is -2.16. The van der Waals surface area contributed by atoms with Gasteiger partial charge in [0.1, 0.15) is 16.7 Å². The lowest BCUT2D eigenvalue weighted by molar-refractivity contribution is 0.102.